The second-order valence-electron chi connectivity index (χ2n) is 5.76. The minimum Gasteiger partial charge on any atom is -0.434 e. The van der Waals surface area contributed by atoms with E-state index >= 15 is 0 Å². The molecule has 3 rings (SSSR count). The van der Waals surface area contributed by atoms with Gasteiger partial charge < -0.3 is 21.5 Å². The van der Waals surface area contributed by atoms with Crippen molar-refractivity contribution in [3.8, 4) is 18.0 Å². The van der Waals surface area contributed by atoms with Crippen molar-refractivity contribution in [2.75, 3.05) is 16.8 Å². The van der Waals surface area contributed by atoms with Crippen LogP contribution in [0.15, 0.2) is 23.2 Å². The predicted octanol–water partition coefficient (Wildman–Crippen LogP) is 1.57. The van der Waals surface area contributed by atoms with Crippen molar-refractivity contribution in [3.63, 3.8) is 0 Å². The number of pyridine rings is 1. The molecule has 1 aromatic heterocycles. The number of hydrogen-bond donors (Lipinski definition) is 4. The second kappa shape index (κ2) is 7.72. The number of fused-ring (bicyclic) bond motifs is 1. The fraction of sp³-hybridized carbons (Fsp3) is 0.125. The third-order valence-corrected chi connectivity index (χ3v) is 4.07. The molecular weight excluding hydrogens is 404 g/mol. The van der Waals surface area contributed by atoms with Crippen molar-refractivity contribution < 1.29 is 18.4 Å². The monoisotopic (exact) mass is 415 g/mol. The lowest BCUT2D eigenvalue weighted by molar-refractivity contribution is -0.385. The molecule has 0 fully saturated rings. The van der Waals surface area contributed by atoms with Crippen LogP contribution < -0.4 is 26.8 Å². The number of non-ortho nitro benzene ring substituents is 1. The van der Waals surface area contributed by atoms with Gasteiger partial charge in [0.2, 0.25) is 5.96 Å². The van der Waals surface area contributed by atoms with Crippen molar-refractivity contribution in [1.29, 1.82) is 10.5 Å². The lowest BCUT2D eigenvalue weighted by Crippen LogP contribution is -2.33. The number of benzene rings is 1. The van der Waals surface area contributed by atoms with Crippen LogP contribution in [0.5, 0.6) is 5.75 Å². The molecule has 14 heteroatoms. The first-order chi connectivity index (χ1) is 14.3. The lowest BCUT2D eigenvalue weighted by Gasteiger charge is -2.27. The molecule has 1 atom stereocenters. The maximum Gasteiger partial charge on any atom is 0.387 e. The summed E-state index contributed by atoms with van der Waals surface area (Å²) < 4.78 is 30.3. The van der Waals surface area contributed by atoms with Crippen molar-refractivity contribution in [2.45, 2.75) is 12.7 Å². The number of nitro benzene ring substituents is 1. The molecule has 6 N–H and O–H groups in total. The summed E-state index contributed by atoms with van der Waals surface area (Å²) in [4.78, 5) is 18.7. The highest BCUT2D eigenvalue weighted by Gasteiger charge is 2.33. The first-order valence-electron chi connectivity index (χ1n) is 7.98. The zero-order valence-electron chi connectivity index (χ0n) is 14.8. The van der Waals surface area contributed by atoms with Crippen LogP contribution in [-0.4, -0.2) is 22.5 Å². The van der Waals surface area contributed by atoms with Crippen LogP contribution in [0.1, 0.15) is 22.7 Å². The summed E-state index contributed by atoms with van der Waals surface area (Å²) in [7, 11) is 0. The molecule has 1 unspecified atom stereocenters. The highest BCUT2D eigenvalue weighted by molar-refractivity contribution is 5.98. The molecule has 2 heterocycles. The average molecular weight is 415 g/mol. The highest BCUT2D eigenvalue weighted by atomic mass is 19.3. The number of halogens is 2. The van der Waals surface area contributed by atoms with E-state index in [1.165, 1.54) is 0 Å². The van der Waals surface area contributed by atoms with E-state index in [9.17, 15) is 24.2 Å². The summed E-state index contributed by atoms with van der Waals surface area (Å²) in [5.74, 6) is -0.804. The van der Waals surface area contributed by atoms with Crippen molar-refractivity contribution >= 4 is 29.0 Å². The summed E-state index contributed by atoms with van der Waals surface area (Å²) >= 11 is 0. The van der Waals surface area contributed by atoms with Crippen molar-refractivity contribution in [2.24, 2.45) is 4.99 Å². The number of aromatic nitrogens is 1. The number of hydrogen-bond acceptors (Lipinski definition) is 11. The smallest absolute Gasteiger partial charge is 0.387 e. The molecule has 30 heavy (non-hydrogen) atoms. The zero-order valence-corrected chi connectivity index (χ0v) is 14.8. The largest absolute Gasteiger partial charge is 0.434 e. The fourth-order valence-corrected chi connectivity index (χ4v) is 2.87. The van der Waals surface area contributed by atoms with Gasteiger partial charge in [-0.15, -0.1) is 0 Å². The highest BCUT2D eigenvalue weighted by Crippen LogP contribution is 2.44. The van der Waals surface area contributed by atoms with E-state index in [2.05, 4.69) is 25.3 Å². The van der Waals surface area contributed by atoms with Gasteiger partial charge in [-0.3, -0.25) is 15.4 Å². The van der Waals surface area contributed by atoms with Gasteiger partial charge in [0.25, 0.3) is 5.69 Å². The number of nitriles is 2. The standard InChI is InChI=1S/C16H11F2N9O3/c17-15(18)30-9-2-1-6(27(28)29)3-7(9)12-10-11(21)8(4-19)13(22)25-14(10)26-16(24-12)23-5-20/h1-3,12,15H,(H6,21,22,23,24,25,26). The average Bonchev–Trinajstić information content (AvgIpc) is 2.67. The van der Waals surface area contributed by atoms with Gasteiger partial charge in [-0.25, -0.2) is 9.98 Å². The van der Waals surface area contributed by atoms with Gasteiger partial charge in [0, 0.05) is 23.3 Å². The molecule has 1 aromatic carbocycles. The molecule has 12 nitrogen and oxygen atoms in total. The van der Waals surface area contributed by atoms with Crippen molar-refractivity contribution in [3.05, 3.63) is 45.0 Å². The third kappa shape index (κ3) is 3.52. The maximum absolute atomic E-state index is 12.9. The summed E-state index contributed by atoms with van der Waals surface area (Å²) in [5, 5.41) is 34.3. The molecule has 2 aromatic rings. The molecule has 0 radical (unpaired) electrons. The number of nitrogen functional groups attached to an aromatic ring is 2. The quantitative estimate of drug-likeness (QED) is 0.246. The fourth-order valence-electron chi connectivity index (χ4n) is 2.87. The number of ether oxygens (including phenoxy) is 1. The van der Waals surface area contributed by atoms with Gasteiger partial charge in [0.05, 0.1) is 10.6 Å². The second-order valence-corrected chi connectivity index (χ2v) is 5.76. The van der Waals surface area contributed by atoms with Gasteiger partial charge in [-0.1, -0.05) is 0 Å². The van der Waals surface area contributed by atoms with Crippen LogP contribution >= 0.6 is 0 Å². The van der Waals surface area contributed by atoms with E-state index in [1.807, 2.05) is 0 Å². The number of nitrogens with one attached hydrogen (secondary N) is 2. The number of aliphatic imine (C=N–C) groups is 1. The predicted molar refractivity (Wildman–Crippen MR) is 99.2 cm³/mol. The molecule has 0 amide bonds. The number of nitrogens with zero attached hydrogens (tertiary/aromatic N) is 5. The number of anilines is 3. The van der Waals surface area contributed by atoms with E-state index in [4.69, 9.17) is 16.7 Å². The summed E-state index contributed by atoms with van der Waals surface area (Å²) in [5.41, 5.74) is 10.9. The van der Waals surface area contributed by atoms with Gasteiger partial charge in [-0.2, -0.15) is 19.3 Å². The van der Waals surface area contributed by atoms with Crippen LogP contribution in [-0.2, 0) is 0 Å². The Morgan fingerprint density at radius 2 is 2.10 bits per heavy atom. The Bertz CT molecular complexity index is 1150. The number of nitrogens with two attached hydrogens (primary N) is 2. The molecule has 1 aliphatic heterocycles. The summed E-state index contributed by atoms with van der Waals surface area (Å²) in [6.07, 6.45) is 1.62. The van der Waals surface area contributed by atoms with Crippen LogP contribution in [0.3, 0.4) is 0 Å². The topological polar surface area (TPSA) is 201 Å². The minimum atomic E-state index is -3.23. The van der Waals surface area contributed by atoms with E-state index in [1.54, 1.807) is 12.3 Å². The van der Waals surface area contributed by atoms with Crippen LogP contribution in [0.4, 0.5) is 31.8 Å². The first-order valence-corrected chi connectivity index (χ1v) is 7.98. The molecular formula is C16H11F2N9O3. The lowest BCUT2D eigenvalue weighted by atomic mass is 9.94. The number of alkyl halides is 2. The number of nitro groups is 1. The van der Waals surface area contributed by atoms with Gasteiger partial charge in [-0.05, 0) is 6.07 Å². The van der Waals surface area contributed by atoms with Crippen molar-refractivity contribution in [1.82, 2.24) is 10.3 Å². The van der Waals surface area contributed by atoms with Gasteiger partial charge >= 0.3 is 6.61 Å². The molecule has 0 bridgehead atoms. The van der Waals surface area contributed by atoms with E-state index in [0.29, 0.717) is 0 Å². The molecule has 1 aliphatic rings. The van der Waals surface area contributed by atoms with E-state index in [-0.39, 0.29) is 40.0 Å². The Morgan fingerprint density at radius 1 is 1.37 bits per heavy atom. The Balaban J connectivity index is 2.32. The van der Waals surface area contributed by atoms with Crippen LogP contribution in [0.2, 0.25) is 0 Å². The maximum atomic E-state index is 12.9. The zero-order chi connectivity index (χ0) is 22.0. The molecule has 0 aliphatic carbocycles. The number of guanidine groups is 1. The van der Waals surface area contributed by atoms with Crippen LogP contribution in [0, 0.1) is 32.9 Å². The Kier molecular flexibility index (Phi) is 5.15. The Labute approximate surface area is 166 Å². The third-order valence-electron chi connectivity index (χ3n) is 4.07. The van der Waals surface area contributed by atoms with Crippen LogP contribution in [0.25, 0.3) is 0 Å². The van der Waals surface area contributed by atoms with E-state index in [0.717, 1.165) is 18.2 Å². The van der Waals surface area contributed by atoms with E-state index < -0.39 is 29.0 Å². The molecule has 0 saturated carbocycles. The first kappa shape index (κ1) is 20.0. The minimum absolute atomic E-state index is 0.0174. The summed E-state index contributed by atoms with van der Waals surface area (Å²) in [6.45, 7) is -3.23. The Morgan fingerprint density at radius 3 is 2.70 bits per heavy atom. The molecule has 152 valence electrons. The summed E-state index contributed by atoms with van der Waals surface area (Å²) in [6, 6.07) is 3.44. The normalized spacial score (nSPS) is 14.6. The SMILES string of the molecule is N#CNC1=NC(c2cc([N+](=O)[O-])ccc2OC(F)F)c2c(nc(N)c(C#N)c2N)N1. The Hall–Kier alpha value is -4.72. The van der Waals surface area contributed by atoms with Gasteiger partial charge in [0.15, 0.2) is 6.19 Å². The number of rotatable bonds is 4. The molecule has 0 saturated heterocycles. The van der Waals surface area contributed by atoms with Gasteiger partial charge in [0.1, 0.15) is 35.1 Å². The molecule has 0 spiro atoms.